The molecule has 1 saturated heterocycles. The SMILES string of the molecule is Cc1ccc(N2CCN(C[C@@H](O)COc3ccc4cc(Br)ccc4c3)CC2)c(C)c1. The highest BCUT2D eigenvalue weighted by atomic mass is 79.9. The smallest absolute Gasteiger partial charge is 0.120 e. The van der Waals surface area contributed by atoms with Crippen molar-refractivity contribution in [2.75, 3.05) is 44.2 Å². The molecule has 1 heterocycles. The standard InChI is InChI=1S/C25H29BrN2O2/c1-18-3-8-25(19(2)13-18)28-11-9-27(10-12-28)16-23(29)17-30-24-7-5-20-14-22(26)6-4-21(20)15-24/h3-8,13-15,23,29H,9-12,16-17H2,1-2H3/t23-/m1/s1. The summed E-state index contributed by atoms with van der Waals surface area (Å²) in [5, 5.41) is 12.8. The van der Waals surface area contributed by atoms with Gasteiger partial charge in [-0.1, -0.05) is 45.8 Å². The van der Waals surface area contributed by atoms with E-state index in [1.165, 1.54) is 22.2 Å². The molecular weight excluding hydrogens is 440 g/mol. The Hall–Kier alpha value is -2.08. The second-order valence-corrected chi connectivity index (χ2v) is 9.11. The average Bonchev–Trinajstić information content (AvgIpc) is 2.73. The molecule has 0 unspecified atom stereocenters. The van der Waals surface area contributed by atoms with Crippen LogP contribution in [0.2, 0.25) is 0 Å². The number of nitrogens with zero attached hydrogens (tertiary/aromatic N) is 2. The Morgan fingerprint density at radius 3 is 2.43 bits per heavy atom. The first kappa shape index (κ1) is 21.2. The molecule has 1 aliphatic heterocycles. The number of benzene rings is 3. The highest BCUT2D eigenvalue weighted by Crippen LogP contribution is 2.25. The van der Waals surface area contributed by atoms with Crippen molar-refractivity contribution in [2.45, 2.75) is 20.0 Å². The molecule has 158 valence electrons. The number of anilines is 1. The number of aliphatic hydroxyl groups excluding tert-OH is 1. The summed E-state index contributed by atoms with van der Waals surface area (Å²) in [5.41, 5.74) is 3.96. The van der Waals surface area contributed by atoms with Gasteiger partial charge in [-0.25, -0.2) is 0 Å². The maximum absolute atomic E-state index is 10.5. The van der Waals surface area contributed by atoms with Crippen LogP contribution in [0.1, 0.15) is 11.1 Å². The van der Waals surface area contributed by atoms with Crippen molar-refractivity contribution in [3.63, 3.8) is 0 Å². The molecule has 0 spiro atoms. The van der Waals surface area contributed by atoms with Crippen LogP contribution in [0.4, 0.5) is 5.69 Å². The van der Waals surface area contributed by atoms with E-state index in [1.54, 1.807) is 0 Å². The summed E-state index contributed by atoms with van der Waals surface area (Å²) in [7, 11) is 0. The van der Waals surface area contributed by atoms with Gasteiger partial charge in [-0.15, -0.1) is 0 Å². The predicted molar refractivity (Wildman–Crippen MR) is 128 cm³/mol. The van der Waals surface area contributed by atoms with Gasteiger partial charge in [0.15, 0.2) is 0 Å². The van der Waals surface area contributed by atoms with E-state index >= 15 is 0 Å². The maximum atomic E-state index is 10.5. The molecule has 3 aromatic rings. The van der Waals surface area contributed by atoms with E-state index < -0.39 is 6.10 Å². The minimum atomic E-state index is -0.502. The highest BCUT2D eigenvalue weighted by Gasteiger charge is 2.20. The van der Waals surface area contributed by atoms with Crippen LogP contribution in [-0.2, 0) is 0 Å². The van der Waals surface area contributed by atoms with Gasteiger partial charge < -0.3 is 14.7 Å². The van der Waals surface area contributed by atoms with Gasteiger partial charge in [0.1, 0.15) is 18.5 Å². The Kier molecular flexibility index (Phi) is 6.61. The number of hydrogen-bond acceptors (Lipinski definition) is 4. The summed E-state index contributed by atoms with van der Waals surface area (Å²) < 4.78 is 6.93. The first-order valence-corrected chi connectivity index (χ1v) is 11.3. The zero-order valence-electron chi connectivity index (χ0n) is 17.6. The number of halogens is 1. The zero-order valence-corrected chi connectivity index (χ0v) is 19.2. The molecule has 4 nitrogen and oxygen atoms in total. The number of β-amino-alcohol motifs (C(OH)–C–C–N with tert-alkyl or cyclic N) is 1. The monoisotopic (exact) mass is 468 g/mol. The number of aryl methyl sites for hydroxylation is 2. The molecule has 0 amide bonds. The van der Waals surface area contributed by atoms with E-state index in [2.05, 4.69) is 69.9 Å². The lowest BCUT2D eigenvalue weighted by atomic mass is 10.1. The number of fused-ring (bicyclic) bond motifs is 1. The van der Waals surface area contributed by atoms with E-state index in [0.29, 0.717) is 13.2 Å². The Bertz CT molecular complexity index is 1020. The van der Waals surface area contributed by atoms with E-state index in [0.717, 1.165) is 41.8 Å². The second-order valence-electron chi connectivity index (χ2n) is 8.20. The largest absolute Gasteiger partial charge is 0.491 e. The molecule has 5 heteroatoms. The molecule has 30 heavy (non-hydrogen) atoms. The highest BCUT2D eigenvalue weighted by molar-refractivity contribution is 9.10. The van der Waals surface area contributed by atoms with Crippen LogP contribution >= 0.6 is 15.9 Å². The summed E-state index contributed by atoms with van der Waals surface area (Å²) >= 11 is 3.50. The van der Waals surface area contributed by atoms with Crippen LogP contribution < -0.4 is 9.64 Å². The number of aliphatic hydroxyl groups is 1. The molecule has 0 aromatic heterocycles. The van der Waals surface area contributed by atoms with E-state index in [1.807, 2.05) is 24.3 Å². The Balaban J connectivity index is 1.26. The minimum Gasteiger partial charge on any atom is -0.491 e. The van der Waals surface area contributed by atoms with E-state index in [9.17, 15) is 5.11 Å². The fraction of sp³-hybridized carbons (Fsp3) is 0.360. The molecule has 0 aliphatic carbocycles. The molecule has 1 fully saturated rings. The van der Waals surface area contributed by atoms with Gasteiger partial charge in [-0.3, -0.25) is 4.90 Å². The van der Waals surface area contributed by atoms with Gasteiger partial charge in [0, 0.05) is 42.9 Å². The molecule has 1 atom stereocenters. The number of rotatable bonds is 6. The lowest BCUT2D eigenvalue weighted by molar-refractivity contribution is 0.0663. The Labute approximate surface area is 187 Å². The third-order valence-corrected chi connectivity index (χ3v) is 6.24. The Morgan fingerprint density at radius 1 is 0.933 bits per heavy atom. The maximum Gasteiger partial charge on any atom is 0.120 e. The lowest BCUT2D eigenvalue weighted by Gasteiger charge is -2.37. The second kappa shape index (κ2) is 9.38. The van der Waals surface area contributed by atoms with Crippen LogP contribution in [0.5, 0.6) is 5.75 Å². The summed E-state index contributed by atoms with van der Waals surface area (Å²) in [6, 6.07) is 18.9. The minimum absolute atomic E-state index is 0.305. The van der Waals surface area contributed by atoms with Crippen molar-refractivity contribution in [2.24, 2.45) is 0 Å². The molecule has 0 radical (unpaired) electrons. The van der Waals surface area contributed by atoms with E-state index in [4.69, 9.17) is 4.74 Å². The van der Waals surface area contributed by atoms with Crippen molar-refractivity contribution in [3.05, 3.63) is 70.2 Å². The molecule has 0 bridgehead atoms. The van der Waals surface area contributed by atoms with Crippen LogP contribution in [0, 0.1) is 13.8 Å². The first-order chi connectivity index (χ1) is 14.5. The van der Waals surface area contributed by atoms with Gasteiger partial charge in [0.25, 0.3) is 0 Å². The molecule has 1 N–H and O–H groups in total. The average molecular weight is 469 g/mol. The van der Waals surface area contributed by atoms with Gasteiger partial charge in [-0.05, 0) is 60.5 Å². The molecule has 0 saturated carbocycles. The van der Waals surface area contributed by atoms with Crippen LogP contribution in [0.25, 0.3) is 10.8 Å². The third-order valence-electron chi connectivity index (χ3n) is 5.75. The topological polar surface area (TPSA) is 35.9 Å². The van der Waals surface area contributed by atoms with E-state index in [-0.39, 0.29) is 0 Å². The van der Waals surface area contributed by atoms with Crippen LogP contribution in [0.15, 0.2) is 59.1 Å². The van der Waals surface area contributed by atoms with Crippen molar-refractivity contribution >= 4 is 32.4 Å². The fourth-order valence-electron chi connectivity index (χ4n) is 4.16. The normalized spacial score (nSPS) is 16.1. The van der Waals surface area contributed by atoms with Gasteiger partial charge in [-0.2, -0.15) is 0 Å². The van der Waals surface area contributed by atoms with Gasteiger partial charge in [0.2, 0.25) is 0 Å². The van der Waals surface area contributed by atoms with Crippen molar-refractivity contribution in [1.29, 1.82) is 0 Å². The number of ether oxygens (including phenoxy) is 1. The van der Waals surface area contributed by atoms with Gasteiger partial charge in [0.05, 0.1) is 0 Å². The van der Waals surface area contributed by atoms with Crippen molar-refractivity contribution in [3.8, 4) is 5.75 Å². The van der Waals surface area contributed by atoms with Gasteiger partial charge >= 0.3 is 0 Å². The number of hydrogen-bond donors (Lipinski definition) is 1. The zero-order chi connectivity index (χ0) is 21.1. The summed E-state index contributed by atoms with van der Waals surface area (Å²) in [4.78, 5) is 4.77. The summed E-state index contributed by atoms with van der Waals surface area (Å²) in [6.07, 6.45) is -0.502. The summed E-state index contributed by atoms with van der Waals surface area (Å²) in [5.74, 6) is 0.795. The summed E-state index contributed by atoms with van der Waals surface area (Å²) in [6.45, 7) is 9.14. The Morgan fingerprint density at radius 2 is 1.67 bits per heavy atom. The van der Waals surface area contributed by atoms with Crippen LogP contribution in [-0.4, -0.2) is 55.4 Å². The number of piperazine rings is 1. The fourth-order valence-corrected chi connectivity index (χ4v) is 4.54. The first-order valence-electron chi connectivity index (χ1n) is 10.5. The molecular formula is C25H29BrN2O2. The third kappa shape index (κ3) is 5.15. The van der Waals surface area contributed by atoms with Crippen molar-refractivity contribution in [1.82, 2.24) is 4.90 Å². The lowest BCUT2D eigenvalue weighted by Crippen LogP contribution is -2.49. The molecule has 1 aliphatic rings. The quantitative estimate of drug-likeness (QED) is 0.564. The predicted octanol–water partition coefficient (Wildman–Crippen LogP) is 4.78. The van der Waals surface area contributed by atoms with Crippen molar-refractivity contribution < 1.29 is 9.84 Å². The van der Waals surface area contributed by atoms with Crippen LogP contribution in [0.3, 0.4) is 0 Å². The molecule has 4 rings (SSSR count). The molecule has 3 aromatic carbocycles.